The zero-order chi connectivity index (χ0) is 14.0. The van der Waals surface area contributed by atoms with Gasteiger partial charge in [0.05, 0.1) is 24.3 Å². The summed E-state index contributed by atoms with van der Waals surface area (Å²) in [7, 11) is 1.62. The summed E-state index contributed by atoms with van der Waals surface area (Å²) in [6.07, 6.45) is 0.636. The van der Waals surface area contributed by atoms with E-state index in [-0.39, 0.29) is 24.7 Å². The molecule has 104 valence electrons. The van der Waals surface area contributed by atoms with E-state index in [2.05, 4.69) is 15.9 Å². The Bertz CT molecular complexity index is 483. The molecule has 6 heteroatoms. The molecule has 1 aromatic carbocycles. The summed E-state index contributed by atoms with van der Waals surface area (Å²) < 4.78 is 5.93. The van der Waals surface area contributed by atoms with Crippen molar-refractivity contribution in [2.45, 2.75) is 18.6 Å². The van der Waals surface area contributed by atoms with Crippen LogP contribution in [0.4, 0.5) is 0 Å². The van der Waals surface area contributed by atoms with Crippen LogP contribution in [0.25, 0.3) is 0 Å². The van der Waals surface area contributed by atoms with Gasteiger partial charge in [0.25, 0.3) is 5.91 Å². The highest BCUT2D eigenvalue weighted by Crippen LogP contribution is 2.27. The molecule has 1 saturated heterocycles. The number of aliphatic hydroxyl groups excluding tert-OH is 1. The third-order valence-corrected chi connectivity index (χ3v) is 4.23. The van der Waals surface area contributed by atoms with Crippen LogP contribution in [0.1, 0.15) is 16.8 Å². The Morgan fingerprint density at radius 3 is 2.95 bits per heavy atom. The monoisotopic (exact) mass is 347 g/mol. The van der Waals surface area contributed by atoms with Gasteiger partial charge in [-0.15, -0.1) is 0 Å². The molecule has 0 unspecified atom stereocenters. The largest absolute Gasteiger partial charge is 0.394 e. The van der Waals surface area contributed by atoms with Crippen LogP contribution in [0, 0.1) is 0 Å². The van der Waals surface area contributed by atoms with E-state index in [0.29, 0.717) is 28.0 Å². The lowest BCUT2D eigenvalue weighted by molar-refractivity contribution is 0.0647. The molecule has 1 aliphatic rings. The first-order valence-corrected chi connectivity index (χ1v) is 7.13. The molecule has 0 aliphatic carbocycles. The van der Waals surface area contributed by atoms with Gasteiger partial charge in [-0.25, -0.2) is 0 Å². The Labute approximate surface area is 125 Å². The van der Waals surface area contributed by atoms with Crippen molar-refractivity contribution in [3.8, 4) is 0 Å². The number of halogens is 2. The van der Waals surface area contributed by atoms with Gasteiger partial charge in [-0.2, -0.15) is 0 Å². The fourth-order valence-electron chi connectivity index (χ4n) is 2.28. The number of carbonyl (C=O) groups excluding carboxylic acids is 1. The molecule has 1 amide bonds. The number of ether oxygens (including phenoxy) is 1. The number of hydrogen-bond acceptors (Lipinski definition) is 3. The second-order valence-electron chi connectivity index (χ2n) is 4.51. The van der Waals surface area contributed by atoms with Gasteiger partial charge in [-0.3, -0.25) is 4.79 Å². The van der Waals surface area contributed by atoms with E-state index in [4.69, 9.17) is 16.3 Å². The number of carbonyl (C=O) groups is 1. The smallest absolute Gasteiger partial charge is 0.255 e. The van der Waals surface area contributed by atoms with E-state index in [9.17, 15) is 9.90 Å². The van der Waals surface area contributed by atoms with Crippen molar-refractivity contribution < 1.29 is 14.6 Å². The lowest BCUT2D eigenvalue weighted by Gasteiger charge is -2.23. The summed E-state index contributed by atoms with van der Waals surface area (Å²) in [6.45, 7) is 0.437. The van der Waals surface area contributed by atoms with Crippen LogP contribution in [0.2, 0.25) is 5.02 Å². The first-order chi connectivity index (χ1) is 9.06. The number of likely N-dealkylation sites (tertiary alicyclic amines) is 1. The molecule has 1 fully saturated rings. The maximum absolute atomic E-state index is 12.5. The van der Waals surface area contributed by atoms with Crippen LogP contribution in [0.3, 0.4) is 0 Å². The van der Waals surface area contributed by atoms with Gasteiger partial charge in [0.15, 0.2) is 0 Å². The number of amides is 1. The van der Waals surface area contributed by atoms with Gasteiger partial charge in [-0.05, 0) is 40.5 Å². The first kappa shape index (κ1) is 14.8. The number of methoxy groups -OCH3 is 1. The molecule has 4 nitrogen and oxygen atoms in total. The molecule has 0 bridgehead atoms. The van der Waals surface area contributed by atoms with Gasteiger partial charge in [0.2, 0.25) is 0 Å². The SMILES string of the molecule is CO[C@@H]1C[C@@H](CO)N(C(=O)c2ccc(Cl)cc2Br)C1. The lowest BCUT2D eigenvalue weighted by Crippen LogP contribution is -2.38. The predicted molar refractivity (Wildman–Crippen MR) is 76.5 cm³/mol. The average Bonchev–Trinajstić information content (AvgIpc) is 2.81. The van der Waals surface area contributed by atoms with E-state index >= 15 is 0 Å². The Balaban J connectivity index is 2.23. The molecule has 1 heterocycles. The second kappa shape index (κ2) is 6.22. The Hall–Kier alpha value is -0.620. The average molecular weight is 349 g/mol. The number of aliphatic hydroxyl groups is 1. The van der Waals surface area contributed by atoms with E-state index in [1.807, 2.05) is 0 Å². The normalized spacial score (nSPS) is 22.8. The minimum Gasteiger partial charge on any atom is -0.394 e. The van der Waals surface area contributed by atoms with Gasteiger partial charge in [0, 0.05) is 23.1 Å². The first-order valence-electron chi connectivity index (χ1n) is 5.96. The molecular formula is C13H15BrClNO3. The third kappa shape index (κ3) is 3.11. The third-order valence-electron chi connectivity index (χ3n) is 3.34. The summed E-state index contributed by atoms with van der Waals surface area (Å²) in [5.41, 5.74) is 0.541. The van der Waals surface area contributed by atoms with E-state index in [1.165, 1.54) is 0 Å². The van der Waals surface area contributed by atoms with Crippen molar-refractivity contribution in [2.24, 2.45) is 0 Å². The molecule has 0 aromatic heterocycles. The summed E-state index contributed by atoms with van der Waals surface area (Å²) >= 11 is 9.21. The number of nitrogens with zero attached hydrogens (tertiary/aromatic N) is 1. The maximum Gasteiger partial charge on any atom is 0.255 e. The van der Waals surface area contributed by atoms with Crippen LogP contribution in [-0.2, 0) is 4.74 Å². The Morgan fingerprint density at radius 2 is 2.37 bits per heavy atom. The fraction of sp³-hybridized carbons (Fsp3) is 0.462. The van der Waals surface area contributed by atoms with Gasteiger partial charge >= 0.3 is 0 Å². The Morgan fingerprint density at radius 1 is 1.63 bits per heavy atom. The van der Waals surface area contributed by atoms with Crippen LogP contribution in [0.15, 0.2) is 22.7 Å². The number of hydrogen-bond donors (Lipinski definition) is 1. The van der Waals surface area contributed by atoms with Crippen molar-refractivity contribution in [2.75, 3.05) is 20.3 Å². The van der Waals surface area contributed by atoms with Crippen LogP contribution >= 0.6 is 27.5 Å². The minimum atomic E-state index is -0.194. The molecule has 19 heavy (non-hydrogen) atoms. The molecule has 0 spiro atoms. The van der Waals surface area contributed by atoms with Crippen molar-refractivity contribution in [1.82, 2.24) is 4.90 Å². The van der Waals surface area contributed by atoms with E-state index < -0.39 is 0 Å². The van der Waals surface area contributed by atoms with Crippen LogP contribution in [-0.4, -0.2) is 48.3 Å². The topological polar surface area (TPSA) is 49.8 Å². The van der Waals surface area contributed by atoms with Crippen molar-refractivity contribution in [1.29, 1.82) is 0 Å². The molecule has 1 aliphatic heterocycles. The summed E-state index contributed by atoms with van der Waals surface area (Å²) in [5.74, 6) is -0.123. The zero-order valence-electron chi connectivity index (χ0n) is 10.5. The highest BCUT2D eigenvalue weighted by atomic mass is 79.9. The van der Waals surface area contributed by atoms with Crippen molar-refractivity contribution >= 4 is 33.4 Å². The molecule has 1 aromatic rings. The summed E-state index contributed by atoms with van der Waals surface area (Å²) in [6, 6.07) is 4.85. The van der Waals surface area contributed by atoms with Gasteiger partial charge in [-0.1, -0.05) is 11.6 Å². The fourth-order valence-corrected chi connectivity index (χ4v) is 3.14. The molecule has 2 rings (SSSR count). The maximum atomic E-state index is 12.5. The summed E-state index contributed by atoms with van der Waals surface area (Å²) in [4.78, 5) is 14.2. The van der Waals surface area contributed by atoms with Crippen LogP contribution in [0.5, 0.6) is 0 Å². The van der Waals surface area contributed by atoms with Crippen molar-refractivity contribution in [3.05, 3.63) is 33.3 Å². The second-order valence-corrected chi connectivity index (χ2v) is 5.80. The minimum absolute atomic E-state index is 0.0211. The standard InChI is InChI=1S/C13H15BrClNO3/c1-19-10-5-9(7-17)16(6-10)13(18)11-3-2-8(15)4-12(11)14/h2-4,9-10,17H,5-7H2,1H3/t9-,10+/m0/s1. The molecule has 2 atom stereocenters. The highest BCUT2D eigenvalue weighted by molar-refractivity contribution is 9.10. The zero-order valence-corrected chi connectivity index (χ0v) is 12.8. The van der Waals surface area contributed by atoms with Crippen molar-refractivity contribution in [3.63, 3.8) is 0 Å². The Kier molecular flexibility index (Phi) is 4.84. The number of rotatable bonds is 3. The molecule has 0 saturated carbocycles. The van der Waals surface area contributed by atoms with E-state index in [0.717, 1.165) is 0 Å². The molecule has 1 N–H and O–H groups in total. The predicted octanol–water partition coefficient (Wildman–Crippen LogP) is 2.32. The van der Waals surface area contributed by atoms with Crippen LogP contribution < -0.4 is 0 Å². The van der Waals surface area contributed by atoms with Gasteiger partial charge < -0.3 is 14.7 Å². The molecular weight excluding hydrogens is 334 g/mol. The quantitative estimate of drug-likeness (QED) is 0.912. The highest BCUT2D eigenvalue weighted by Gasteiger charge is 2.35. The molecule has 0 radical (unpaired) electrons. The number of benzene rings is 1. The summed E-state index contributed by atoms with van der Waals surface area (Å²) in [5, 5.41) is 9.94. The van der Waals surface area contributed by atoms with Gasteiger partial charge in [0.1, 0.15) is 0 Å². The van der Waals surface area contributed by atoms with E-state index in [1.54, 1.807) is 30.2 Å². The lowest BCUT2D eigenvalue weighted by atomic mass is 10.1.